The predicted octanol–water partition coefficient (Wildman–Crippen LogP) is 5.11. The van der Waals surface area contributed by atoms with Gasteiger partial charge in [0.25, 0.3) is 0 Å². The monoisotopic (exact) mass is 441 g/mol. The van der Waals surface area contributed by atoms with E-state index in [0.717, 1.165) is 61.3 Å². The number of piperidine rings is 1. The minimum atomic E-state index is -0.175. The van der Waals surface area contributed by atoms with Crippen molar-refractivity contribution in [2.24, 2.45) is 4.99 Å². The van der Waals surface area contributed by atoms with Crippen molar-refractivity contribution in [1.82, 2.24) is 9.80 Å². The summed E-state index contributed by atoms with van der Waals surface area (Å²) in [5.74, 6) is 0.836. The van der Waals surface area contributed by atoms with Gasteiger partial charge in [-0.3, -0.25) is 0 Å². The first kappa shape index (κ1) is 22.3. The molecule has 0 saturated carbocycles. The molecule has 2 aromatic carbocycles. The Hall–Kier alpha value is -1.89. The van der Waals surface area contributed by atoms with Gasteiger partial charge in [0.2, 0.25) is 0 Å². The van der Waals surface area contributed by atoms with Gasteiger partial charge in [0, 0.05) is 45.1 Å². The number of para-hydroxylation sites is 1. The van der Waals surface area contributed by atoms with E-state index in [1.807, 2.05) is 17.8 Å². The molecule has 0 aliphatic carbocycles. The van der Waals surface area contributed by atoms with Gasteiger partial charge in [0.1, 0.15) is 5.82 Å². The maximum atomic E-state index is 13.2. The number of thioether (sulfide) groups is 1. The van der Waals surface area contributed by atoms with Gasteiger partial charge >= 0.3 is 0 Å². The second-order valence-corrected chi connectivity index (χ2v) is 9.28. The van der Waals surface area contributed by atoms with Crippen molar-refractivity contribution in [3.8, 4) is 0 Å². The fraction of sp³-hybridized carbons (Fsp3) is 0.480. The van der Waals surface area contributed by atoms with Crippen molar-refractivity contribution < 1.29 is 9.13 Å². The molecule has 0 aromatic heterocycles. The lowest BCUT2D eigenvalue weighted by atomic mass is 10.0. The van der Waals surface area contributed by atoms with Gasteiger partial charge in [0.15, 0.2) is 5.17 Å². The highest BCUT2D eigenvalue weighted by molar-refractivity contribution is 8.13. The number of hydrogen-bond acceptors (Lipinski definition) is 5. The average molecular weight is 442 g/mol. The lowest BCUT2D eigenvalue weighted by Crippen LogP contribution is -2.45. The van der Waals surface area contributed by atoms with E-state index < -0.39 is 0 Å². The Morgan fingerprint density at radius 3 is 2.81 bits per heavy atom. The molecule has 1 fully saturated rings. The second-order valence-electron chi connectivity index (χ2n) is 8.34. The Bertz CT molecular complexity index is 883. The van der Waals surface area contributed by atoms with E-state index >= 15 is 0 Å². The molecule has 2 aliphatic heterocycles. The van der Waals surface area contributed by atoms with Crippen LogP contribution in [-0.4, -0.2) is 60.9 Å². The van der Waals surface area contributed by atoms with Gasteiger partial charge in [0.05, 0.1) is 12.3 Å². The van der Waals surface area contributed by atoms with Crippen molar-refractivity contribution in [3.05, 3.63) is 65.5 Å². The van der Waals surface area contributed by atoms with Gasteiger partial charge in [-0.05, 0) is 55.0 Å². The summed E-state index contributed by atoms with van der Waals surface area (Å²) in [5, 5.41) is 1.16. The maximum Gasteiger partial charge on any atom is 0.164 e. The van der Waals surface area contributed by atoms with Crippen LogP contribution in [0.3, 0.4) is 0 Å². The predicted molar refractivity (Wildman–Crippen MR) is 128 cm³/mol. The molecule has 2 aromatic rings. The Morgan fingerprint density at radius 1 is 1.13 bits per heavy atom. The number of benzene rings is 2. The van der Waals surface area contributed by atoms with E-state index in [-0.39, 0.29) is 5.82 Å². The Labute approximate surface area is 189 Å². The zero-order valence-electron chi connectivity index (χ0n) is 18.3. The summed E-state index contributed by atoms with van der Waals surface area (Å²) in [7, 11) is 2.20. The number of rotatable bonds is 8. The van der Waals surface area contributed by atoms with Crippen molar-refractivity contribution in [2.45, 2.75) is 37.5 Å². The van der Waals surface area contributed by atoms with E-state index in [1.54, 1.807) is 12.1 Å². The third-order valence-corrected chi connectivity index (χ3v) is 7.25. The van der Waals surface area contributed by atoms with Crippen LogP contribution in [0.25, 0.3) is 0 Å². The molecule has 0 amide bonds. The SMILES string of the molecule is CN(C1=Nc2ccccc2CS1)C1CCN(CCCOCCc2cccc(F)c2)CC1. The van der Waals surface area contributed by atoms with Crippen LogP contribution < -0.4 is 0 Å². The number of halogens is 1. The van der Waals surface area contributed by atoms with E-state index in [2.05, 4.69) is 41.1 Å². The molecule has 2 aliphatic rings. The number of aliphatic imine (C=N–C) groups is 1. The molecular weight excluding hydrogens is 409 g/mol. The first-order valence-corrected chi connectivity index (χ1v) is 12.2. The number of ether oxygens (including phenoxy) is 1. The van der Waals surface area contributed by atoms with E-state index in [4.69, 9.17) is 9.73 Å². The Kier molecular flexibility index (Phi) is 8.00. The summed E-state index contributed by atoms with van der Waals surface area (Å²) >= 11 is 1.85. The quantitative estimate of drug-likeness (QED) is 0.533. The fourth-order valence-corrected chi connectivity index (χ4v) is 5.31. The standard InChI is InChI=1S/C25H32FN3OS/c1-28(25-27-24-9-3-2-7-21(24)19-31-25)23-10-14-29(15-11-23)13-5-16-30-17-12-20-6-4-8-22(26)18-20/h2-4,6-9,18,23H,5,10-17,19H2,1H3. The van der Waals surface area contributed by atoms with Crippen LogP contribution in [0.15, 0.2) is 53.5 Å². The number of likely N-dealkylation sites (tertiary alicyclic amines) is 1. The minimum Gasteiger partial charge on any atom is -0.381 e. The third kappa shape index (κ3) is 6.31. The molecule has 6 heteroatoms. The van der Waals surface area contributed by atoms with Crippen LogP contribution in [0.2, 0.25) is 0 Å². The van der Waals surface area contributed by atoms with Gasteiger partial charge < -0.3 is 14.5 Å². The van der Waals surface area contributed by atoms with Crippen molar-refractivity contribution in [2.75, 3.05) is 39.9 Å². The molecule has 0 atom stereocenters. The summed E-state index contributed by atoms with van der Waals surface area (Å²) in [5.41, 5.74) is 3.45. The molecule has 0 spiro atoms. The highest BCUT2D eigenvalue weighted by Crippen LogP contribution is 2.32. The van der Waals surface area contributed by atoms with Gasteiger partial charge in [-0.2, -0.15) is 0 Å². The molecular formula is C25H32FN3OS. The van der Waals surface area contributed by atoms with Crippen LogP contribution >= 0.6 is 11.8 Å². The molecule has 0 radical (unpaired) electrons. The van der Waals surface area contributed by atoms with Crippen LogP contribution in [-0.2, 0) is 16.9 Å². The van der Waals surface area contributed by atoms with Crippen molar-refractivity contribution in [3.63, 3.8) is 0 Å². The summed E-state index contributed by atoms with van der Waals surface area (Å²) in [4.78, 5) is 9.84. The third-order valence-electron chi connectivity index (χ3n) is 6.16. The second kappa shape index (κ2) is 11.1. The normalized spacial score (nSPS) is 17.3. The summed E-state index contributed by atoms with van der Waals surface area (Å²) in [6, 6.07) is 15.8. The number of amidine groups is 1. The molecule has 4 rings (SSSR count). The largest absolute Gasteiger partial charge is 0.381 e. The lowest BCUT2D eigenvalue weighted by molar-refractivity contribution is 0.111. The van der Waals surface area contributed by atoms with Crippen LogP contribution in [0, 0.1) is 5.82 Å². The molecule has 166 valence electrons. The van der Waals surface area contributed by atoms with Crippen molar-refractivity contribution >= 4 is 22.6 Å². The smallest absolute Gasteiger partial charge is 0.164 e. The molecule has 4 nitrogen and oxygen atoms in total. The summed E-state index contributed by atoms with van der Waals surface area (Å²) < 4.78 is 18.9. The zero-order valence-corrected chi connectivity index (χ0v) is 19.1. The molecule has 0 bridgehead atoms. The minimum absolute atomic E-state index is 0.175. The maximum absolute atomic E-state index is 13.2. The molecule has 0 unspecified atom stereocenters. The van der Waals surface area contributed by atoms with Gasteiger partial charge in [-0.25, -0.2) is 9.38 Å². The lowest BCUT2D eigenvalue weighted by Gasteiger charge is -2.38. The molecule has 31 heavy (non-hydrogen) atoms. The van der Waals surface area contributed by atoms with Crippen LogP contribution in [0.5, 0.6) is 0 Å². The molecule has 2 heterocycles. The first-order chi connectivity index (χ1) is 15.2. The average Bonchev–Trinajstić information content (AvgIpc) is 2.81. The topological polar surface area (TPSA) is 28.1 Å². The highest BCUT2D eigenvalue weighted by atomic mass is 32.2. The van der Waals surface area contributed by atoms with Gasteiger partial charge in [-0.15, -0.1) is 0 Å². The Balaban J connectivity index is 1.12. The molecule has 1 saturated heterocycles. The zero-order chi connectivity index (χ0) is 21.5. The summed E-state index contributed by atoms with van der Waals surface area (Å²) in [6.07, 6.45) is 4.17. The highest BCUT2D eigenvalue weighted by Gasteiger charge is 2.26. The summed E-state index contributed by atoms with van der Waals surface area (Å²) in [6.45, 7) is 4.76. The van der Waals surface area contributed by atoms with E-state index in [9.17, 15) is 4.39 Å². The Morgan fingerprint density at radius 2 is 1.97 bits per heavy atom. The van der Waals surface area contributed by atoms with Crippen LogP contribution in [0.1, 0.15) is 30.4 Å². The van der Waals surface area contributed by atoms with Crippen LogP contribution in [0.4, 0.5) is 10.1 Å². The van der Waals surface area contributed by atoms with Crippen molar-refractivity contribution in [1.29, 1.82) is 0 Å². The molecule has 0 N–H and O–H groups in total. The van der Waals surface area contributed by atoms with E-state index in [1.165, 1.54) is 24.5 Å². The van der Waals surface area contributed by atoms with E-state index in [0.29, 0.717) is 12.6 Å². The number of nitrogens with zero attached hydrogens (tertiary/aromatic N) is 3. The first-order valence-electron chi connectivity index (χ1n) is 11.3. The number of hydrogen-bond donors (Lipinski definition) is 0. The van der Waals surface area contributed by atoms with Gasteiger partial charge in [-0.1, -0.05) is 42.1 Å². The number of fused-ring (bicyclic) bond motifs is 1. The fourth-order valence-electron chi connectivity index (χ4n) is 4.26.